The highest BCUT2D eigenvalue weighted by molar-refractivity contribution is 6.44. The molecule has 1 aliphatic heterocycles. The highest BCUT2D eigenvalue weighted by Gasteiger charge is 2.37. The van der Waals surface area contributed by atoms with Gasteiger partial charge in [0.05, 0.1) is 27.2 Å². The summed E-state index contributed by atoms with van der Waals surface area (Å²) in [6.45, 7) is 0.140. The van der Waals surface area contributed by atoms with E-state index >= 15 is 0 Å². The van der Waals surface area contributed by atoms with Crippen LogP contribution in [-0.2, 0) is 9.59 Å². The summed E-state index contributed by atoms with van der Waals surface area (Å²) in [5, 5.41) is 0.593. The van der Waals surface area contributed by atoms with E-state index in [1.807, 2.05) is 0 Å². The quantitative estimate of drug-likeness (QED) is 0.462. The minimum absolute atomic E-state index is 0.00489. The van der Waals surface area contributed by atoms with Gasteiger partial charge >= 0.3 is 5.97 Å². The first-order valence-corrected chi connectivity index (χ1v) is 8.27. The van der Waals surface area contributed by atoms with E-state index in [0.29, 0.717) is 17.0 Å². The van der Waals surface area contributed by atoms with Crippen LogP contribution in [0.1, 0.15) is 16.8 Å². The van der Waals surface area contributed by atoms with Gasteiger partial charge in [-0.15, -0.1) is 0 Å². The van der Waals surface area contributed by atoms with Gasteiger partial charge < -0.3 is 9.64 Å². The molecule has 128 valence electrons. The lowest BCUT2D eigenvalue weighted by Crippen LogP contribution is -2.27. The maximum absolute atomic E-state index is 12.4. The van der Waals surface area contributed by atoms with Crippen molar-refractivity contribution in [1.82, 2.24) is 0 Å². The van der Waals surface area contributed by atoms with E-state index in [1.54, 1.807) is 36.4 Å². The monoisotopic (exact) mass is 377 g/mol. The summed E-state index contributed by atoms with van der Waals surface area (Å²) in [4.78, 5) is 37.1. The maximum atomic E-state index is 12.4. The zero-order valence-corrected chi connectivity index (χ0v) is 14.5. The summed E-state index contributed by atoms with van der Waals surface area (Å²) in [5.41, 5.74) is 0.734. The average Bonchev–Trinajstić information content (AvgIpc) is 2.99. The zero-order valence-electron chi connectivity index (χ0n) is 12.9. The van der Waals surface area contributed by atoms with Crippen LogP contribution in [0.2, 0.25) is 10.0 Å². The standard InChI is InChI=1S/C18H13Cl2NO4/c19-13-5-3-6-14(17(13)20)21-9-12(8-16(21)23)18(24)25-15-7-2-1-4-11(15)10-22/h1-7,10,12H,8-9H2/t12-/m0/s1. The molecule has 0 bridgehead atoms. The maximum Gasteiger partial charge on any atom is 0.316 e. The molecule has 3 rings (SSSR count). The van der Waals surface area contributed by atoms with Gasteiger partial charge in [0.25, 0.3) is 0 Å². The summed E-state index contributed by atoms with van der Waals surface area (Å²) >= 11 is 12.1. The molecule has 2 aromatic rings. The second kappa shape index (κ2) is 7.25. The van der Waals surface area contributed by atoms with Crippen LogP contribution in [0.4, 0.5) is 5.69 Å². The molecule has 1 fully saturated rings. The molecule has 1 amide bonds. The number of anilines is 1. The summed E-state index contributed by atoms with van der Waals surface area (Å²) in [7, 11) is 0. The Balaban J connectivity index is 1.77. The van der Waals surface area contributed by atoms with E-state index in [9.17, 15) is 14.4 Å². The fourth-order valence-corrected chi connectivity index (χ4v) is 3.06. The Kier molecular flexibility index (Phi) is 5.06. The molecule has 0 spiro atoms. The minimum Gasteiger partial charge on any atom is -0.425 e. The molecule has 0 N–H and O–H groups in total. The van der Waals surface area contributed by atoms with Crippen molar-refractivity contribution in [3.8, 4) is 5.75 Å². The van der Waals surface area contributed by atoms with Crippen LogP contribution in [0, 0.1) is 5.92 Å². The van der Waals surface area contributed by atoms with Gasteiger partial charge in [-0.05, 0) is 24.3 Å². The third-order valence-corrected chi connectivity index (χ3v) is 4.75. The van der Waals surface area contributed by atoms with Crippen LogP contribution >= 0.6 is 23.2 Å². The molecule has 0 saturated carbocycles. The largest absolute Gasteiger partial charge is 0.425 e. The predicted molar refractivity (Wildman–Crippen MR) is 94.4 cm³/mol. The zero-order chi connectivity index (χ0) is 18.0. The van der Waals surface area contributed by atoms with Crippen molar-refractivity contribution in [2.75, 3.05) is 11.4 Å². The van der Waals surface area contributed by atoms with Crippen molar-refractivity contribution in [3.05, 3.63) is 58.1 Å². The number of carbonyl (C=O) groups is 3. The summed E-state index contributed by atoms with van der Waals surface area (Å²) in [5.74, 6) is -1.28. The topological polar surface area (TPSA) is 63.7 Å². The van der Waals surface area contributed by atoms with Gasteiger partial charge in [0.2, 0.25) is 5.91 Å². The van der Waals surface area contributed by atoms with Crippen LogP contribution < -0.4 is 9.64 Å². The third-order valence-electron chi connectivity index (χ3n) is 3.94. The van der Waals surface area contributed by atoms with E-state index < -0.39 is 11.9 Å². The molecule has 0 radical (unpaired) electrons. The number of ether oxygens (including phenoxy) is 1. The number of aldehydes is 1. The van der Waals surface area contributed by atoms with E-state index in [4.69, 9.17) is 27.9 Å². The molecule has 2 aromatic carbocycles. The number of esters is 1. The van der Waals surface area contributed by atoms with E-state index in [2.05, 4.69) is 0 Å². The van der Waals surface area contributed by atoms with Crippen LogP contribution in [0.15, 0.2) is 42.5 Å². The summed E-state index contributed by atoms with van der Waals surface area (Å²) in [6, 6.07) is 11.4. The fourth-order valence-electron chi connectivity index (χ4n) is 2.66. The molecule has 1 aliphatic rings. The predicted octanol–water partition coefficient (Wildman–Crippen LogP) is 3.76. The average molecular weight is 378 g/mol. The Labute approximate surface area is 154 Å². The lowest BCUT2D eigenvalue weighted by molar-refractivity contribution is -0.139. The molecule has 1 atom stereocenters. The van der Waals surface area contributed by atoms with E-state index in [1.165, 1.54) is 11.0 Å². The van der Waals surface area contributed by atoms with Gasteiger partial charge in [-0.3, -0.25) is 14.4 Å². The van der Waals surface area contributed by atoms with Gasteiger partial charge in [0, 0.05) is 13.0 Å². The number of nitrogens with zero attached hydrogens (tertiary/aromatic N) is 1. The normalized spacial score (nSPS) is 16.8. The van der Waals surface area contributed by atoms with Crippen LogP contribution in [0.25, 0.3) is 0 Å². The molecular weight excluding hydrogens is 365 g/mol. The second-order valence-corrected chi connectivity index (χ2v) is 6.34. The van der Waals surface area contributed by atoms with Crippen molar-refractivity contribution in [2.45, 2.75) is 6.42 Å². The van der Waals surface area contributed by atoms with E-state index in [-0.39, 0.29) is 35.2 Å². The molecule has 5 nitrogen and oxygen atoms in total. The Morgan fingerprint density at radius 1 is 1.16 bits per heavy atom. The second-order valence-electron chi connectivity index (χ2n) is 5.56. The molecule has 0 unspecified atom stereocenters. The lowest BCUT2D eigenvalue weighted by atomic mass is 10.1. The first-order chi connectivity index (χ1) is 12.0. The Morgan fingerprint density at radius 2 is 1.92 bits per heavy atom. The van der Waals surface area contributed by atoms with Crippen LogP contribution in [0.5, 0.6) is 5.75 Å². The molecule has 0 aromatic heterocycles. The molecule has 0 aliphatic carbocycles. The van der Waals surface area contributed by atoms with Gasteiger partial charge in [0.15, 0.2) is 6.29 Å². The van der Waals surface area contributed by atoms with Crippen molar-refractivity contribution in [2.24, 2.45) is 5.92 Å². The Morgan fingerprint density at radius 3 is 2.68 bits per heavy atom. The molecule has 1 saturated heterocycles. The minimum atomic E-state index is -0.651. The van der Waals surface area contributed by atoms with Crippen molar-refractivity contribution < 1.29 is 19.1 Å². The smallest absolute Gasteiger partial charge is 0.316 e. The fraction of sp³-hybridized carbons (Fsp3) is 0.167. The lowest BCUT2D eigenvalue weighted by Gasteiger charge is -2.18. The SMILES string of the molecule is O=Cc1ccccc1OC(=O)[C@H]1CC(=O)N(c2cccc(Cl)c2Cl)C1. The molecule has 25 heavy (non-hydrogen) atoms. The first kappa shape index (κ1) is 17.5. The Hall–Kier alpha value is -2.37. The Bertz CT molecular complexity index is 853. The number of benzene rings is 2. The van der Waals surface area contributed by atoms with Gasteiger partial charge in [-0.2, -0.15) is 0 Å². The van der Waals surface area contributed by atoms with Crippen molar-refractivity contribution in [3.63, 3.8) is 0 Å². The van der Waals surface area contributed by atoms with Crippen molar-refractivity contribution in [1.29, 1.82) is 0 Å². The van der Waals surface area contributed by atoms with Crippen molar-refractivity contribution >= 4 is 47.1 Å². The number of hydrogen-bond donors (Lipinski definition) is 0. The highest BCUT2D eigenvalue weighted by Crippen LogP contribution is 2.36. The summed E-state index contributed by atoms with van der Waals surface area (Å²) in [6.07, 6.45) is 0.616. The number of halogens is 2. The number of amides is 1. The van der Waals surface area contributed by atoms with Gasteiger partial charge in [0.1, 0.15) is 5.75 Å². The number of rotatable bonds is 4. The molecular formula is C18H13Cl2NO4. The number of carbonyl (C=O) groups excluding carboxylic acids is 3. The van der Waals surface area contributed by atoms with Crippen LogP contribution in [-0.4, -0.2) is 24.7 Å². The van der Waals surface area contributed by atoms with Gasteiger partial charge in [-0.1, -0.05) is 41.4 Å². The molecule has 1 heterocycles. The first-order valence-electron chi connectivity index (χ1n) is 7.51. The summed E-state index contributed by atoms with van der Waals surface area (Å²) < 4.78 is 5.30. The van der Waals surface area contributed by atoms with Crippen LogP contribution in [0.3, 0.4) is 0 Å². The molecule has 7 heteroatoms. The third kappa shape index (κ3) is 3.52. The highest BCUT2D eigenvalue weighted by atomic mass is 35.5. The number of para-hydroxylation sites is 1. The van der Waals surface area contributed by atoms with Gasteiger partial charge in [-0.25, -0.2) is 0 Å². The van der Waals surface area contributed by atoms with E-state index in [0.717, 1.165) is 0 Å². The number of hydrogen-bond acceptors (Lipinski definition) is 4.